The molecule has 1 amide bonds. The molecular weight excluding hydrogens is 460 g/mol. The van der Waals surface area contributed by atoms with Crippen LogP contribution in [0, 0.1) is 0 Å². The first-order valence-corrected chi connectivity index (χ1v) is 14.7. The van der Waals surface area contributed by atoms with Gasteiger partial charge in [-0.05, 0) is 60.7 Å². The van der Waals surface area contributed by atoms with Crippen LogP contribution in [-0.2, 0) is 19.9 Å². The Hall–Kier alpha value is -2.23. The normalized spacial score (nSPS) is 18.9. The summed E-state index contributed by atoms with van der Waals surface area (Å²) in [5.41, 5.74) is 1.60. The molecule has 1 aliphatic carbocycles. The Morgan fingerprint density at radius 2 is 1.30 bits per heavy atom. The van der Waals surface area contributed by atoms with Crippen molar-refractivity contribution in [2.75, 3.05) is 32.4 Å². The Kier molecular flexibility index (Phi) is 6.93. The molecular formula is C24H30N2O5S2. The predicted octanol–water partition coefficient (Wildman–Crippen LogP) is 3.28. The van der Waals surface area contributed by atoms with E-state index in [1.54, 1.807) is 17.0 Å². The number of carbonyl (C=O) groups is 1. The van der Waals surface area contributed by atoms with E-state index in [1.165, 1.54) is 66.2 Å². The molecule has 0 aromatic heterocycles. The number of hydrogen-bond acceptors (Lipinski definition) is 5. The Bertz CT molecular complexity index is 1190. The number of hydrogen-bond donors (Lipinski definition) is 0. The van der Waals surface area contributed by atoms with E-state index in [1.807, 2.05) is 12.1 Å². The van der Waals surface area contributed by atoms with Crippen LogP contribution < -0.4 is 0 Å². The molecule has 2 aromatic rings. The summed E-state index contributed by atoms with van der Waals surface area (Å²) in [7, 11) is -6.94. The zero-order valence-electron chi connectivity index (χ0n) is 18.8. The number of benzene rings is 2. The Labute approximate surface area is 196 Å². The van der Waals surface area contributed by atoms with Crippen LogP contribution in [0.3, 0.4) is 0 Å². The Morgan fingerprint density at radius 3 is 1.85 bits per heavy atom. The third kappa shape index (κ3) is 5.31. The van der Waals surface area contributed by atoms with Crippen molar-refractivity contribution in [1.29, 1.82) is 0 Å². The fraction of sp³-hybridized carbons (Fsp3) is 0.458. The van der Waals surface area contributed by atoms with Crippen LogP contribution in [0.25, 0.3) is 0 Å². The molecule has 178 valence electrons. The predicted molar refractivity (Wildman–Crippen MR) is 126 cm³/mol. The molecule has 2 fully saturated rings. The first kappa shape index (κ1) is 23.9. The number of piperazine rings is 1. The van der Waals surface area contributed by atoms with Crippen molar-refractivity contribution in [2.45, 2.75) is 47.8 Å². The smallest absolute Gasteiger partial charge is 0.253 e. The Morgan fingerprint density at radius 1 is 0.758 bits per heavy atom. The van der Waals surface area contributed by atoms with Crippen LogP contribution >= 0.6 is 0 Å². The lowest BCUT2D eigenvalue weighted by atomic mass is 9.84. The fourth-order valence-corrected chi connectivity index (χ4v) is 6.71. The monoisotopic (exact) mass is 490 g/mol. The topological polar surface area (TPSA) is 91.8 Å². The van der Waals surface area contributed by atoms with Gasteiger partial charge < -0.3 is 4.90 Å². The maximum Gasteiger partial charge on any atom is 0.253 e. The number of rotatable bonds is 5. The number of sulfonamides is 1. The lowest BCUT2D eigenvalue weighted by Crippen LogP contribution is -2.50. The highest BCUT2D eigenvalue weighted by atomic mass is 32.2. The third-order valence-electron chi connectivity index (χ3n) is 6.65. The summed E-state index contributed by atoms with van der Waals surface area (Å²) >= 11 is 0. The van der Waals surface area contributed by atoms with Crippen LogP contribution in [0.5, 0.6) is 0 Å². The van der Waals surface area contributed by atoms with Gasteiger partial charge in [0.1, 0.15) is 0 Å². The van der Waals surface area contributed by atoms with Gasteiger partial charge >= 0.3 is 0 Å². The molecule has 0 N–H and O–H groups in total. The molecule has 7 nitrogen and oxygen atoms in total. The van der Waals surface area contributed by atoms with Crippen LogP contribution in [0.4, 0.5) is 0 Å². The van der Waals surface area contributed by atoms with Crippen molar-refractivity contribution in [3.63, 3.8) is 0 Å². The van der Waals surface area contributed by atoms with Crippen molar-refractivity contribution in [2.24, 2.45) is 0 Å². The summed E-state index contributed by atoms with van der Waals surface area (Å²) in [5, 5.41) is 0. The van der Waals surface area contributed by atoms with E-state index in [9.17, 15) is 21.6 Å². The van der Waals surface area contributed by atoms with Crippen molar-refractivity contribution >= 4 is 25.8 Å². The van der Waals surface area contributed by atoms with E-state index in [4.69, 9.17) is 0 Å². The third-order valence-corrected chi connectivity index (χ3v) is 9.69. The minimum absolute atomic E-state index is 0.157. The molecule has 4 rings (SSSR count). The largest absolute Gasteiger partial charge is 0.336 e. The standard InChI is InChI=1S/C24H30N2O5S2/c1-32(28,29)22-11-9-21(10-12-22)24(27)25-15-17-26(18-16-25)33(30,31)23-13-7-20(8-14-23)19-5-3-2-4-6-19/h7-14,19H,2-6,15-18H2,1H3. The first-order valence-electron chi connectivity index (χ1n) is 11.4. The second kappa shape index (κ2) is 9.56. The van der Waals surface area contributed by atoms with E-state index in [2.05, 4.69) is 0 Å². The van der Waals surface area contributed by atoms with Gasteiger partial charge in [0.25, 0.3) is 5.91 Å². The first-order chi connectivity index (χ1) is 15.7. The zero-order valence-corrected chi connectivity index (χ0v) is 20.4. The van der Waals surface area contributed by atoms with Gasteiger partial charge in [-0.25, -0.2) is 16.8 Å². The summed E-state index contributed by atoms with van der Waals surface area (Å²) in [4.78, 5) is 14.8. The zero-order chi connectivity index (χ0) is 23.6. The van der Waals surface area contributed by atoms with Crippen molar-refractivity contribution < 1.29 is 21.6 Å². The minimum atomic E-state index is -3.62. The van der Waals surface area contributed by atoms with Gasteiger partial charge in [-0.2, -0.15) is 4.31 Å². The van der Waals surface area contributed by atoms with E-state index < -0.39 is 19.9 Å². The van der Waals surface area contributed by atoms with Gasteiger partial charge in [0.05, 0.1) is 9.79 Å². The van der Waals surface area contributed by atoms with Gasteiger partial charge in [-0.15, -0.1) is 0 Å². The minimum Gasteiger partial charge on any atom is -0.336 e. The van der Waals surface area contributed by atoms with E-state index in [-0.39, 0.29) is 41.9 Å². The molecule has 2 aromatic carbocycles. The average Bonchev–Trinajstić information content (AvgIpc) is 2.84. The summed E-state index contributed by atoms with van der Waals surface area (Å²) in [6, 6.07) is 13.1. The van der Waals surface area contributed by atoms with Crippen LogP contribution in [0.15, 0.2) is 58.3 Å². The molecule has 0 spiro atoms. The molecule has 33 heavy (non-hydrogen) atoms. The van der Waals surface area contributed by atoms with Gasteiger partial charge in [-0.1, -0.05) is 31.4 Å². The van der Waals surface area contributed by atoms with Gasteiger partial charge in [0, 0.05) is 38.0 Å². The van der Waals surface area contributed by atoms with Crippen molar-refractivity contribution in [3.8, 4) is 0 Å². The van der Waals surface area contributed by atoms with E-state index >= 15 is 0 Å². The maximum atomic E-state index is 13.1. The molecule has 0 radical (unpaired) electrons. The average molecular weight is 491 g/mol. The highest BCUT2D eigenvalue weighted by molar-refractivity contribution is 7.90. The van der Waals surface area contributed by atoms with Crippen LogP contribution in [0.2, 0.25) is 0 Å². The van der Waals surface area contributed by atoms with E-state index in [0.717, 1.165) is 6.26 Å². The number of nitrogens with zero attached hydrogens (tertiary/aromatic N) is 2. The van der Waals surface area contributed by atoms with Crippen molar-refractivity contribution in [1.82, 2.24) is 9.21 Å². The molecule has 0 bridgehead atoms. The molecule has 1 saturated carbocycles. The summed E-state index contributed by atoms with van der Waals surface area (Å²) in [6.07, 6.45) is 7.19. The SMILES string of the molecule is CS(=O)(=O)c1ccc(C(=O)N2CCN(S(=O)(=O)c3ccc(C4CCCCC4)cc3)CC2)cc1. The molecule has 2 aliphatic rings. The second-order valence-corrected chi connectivity index (χ2v) is 12.9. The van der Waals surface area contributed by atoms with Gasteiger partial charge in [0.15, 0.2) is 9.84 Å². The number of sulfone groups is 1. The van der Waals surface area contributed by atoms with Gasteiger partial charge in [-0.3, -0.25) is 4.79 Å². The lowest BCUT2D eigenvalue weighted by molar-refractivity contribution is 0.0698. The Balaban J connectivity index is 1.39. The maximum absolute atomic E-state index is 13.1. The molecule has 0 atom stereocenters. The molecule has 0 unspecified atom stereocenters. The summed E-state index contributed by atoms with van der Waals surface area (Å²) in [6.45, 7) is 1.01. The number of carbonyl (C=O) groups excluding carboxylic acids is 1. The summed E-state index contributed by atoms with van der Waals surface area (Å²) in [5.74, 6) is 0.292. The highest BCUT2D eigenvalue weighted by Crippen LogP contribution is 2.33. The van der Waals surface area contributed by atoms with Gasteiger partial charge in [0.2, 0.25) is 10.0 Å². The van der Waals surface area contributed by atoms with Crippen molar-refractivity contribution in [3.05, 3.63) is 59.7 Å². The molecule has 1 saturated heterocycles. The fourth-order valence-electron chi connectivity index (χ4n) is 4.66. The second-order valence-electron chi connectivity index (χ2n) is 8.90. The molecule has 1 heterocycles. The lowest BCUT2D eigenvalue weighted by Gasteiger charge is -2.34. The summed E-state index contributed by atoms with van der Waals surface area (Å²) < 4.78 is 50.9. The van der Waals surface area contributed by atoms with E-state index in [0.29, 0.717) is 11.5 Å². The molecule has 1 aliphatic heterocycles. The quantitative estimate of drug-likeness (QED) is 0.641. The highest BCUT2D eigenvalue weighted by Gasteiger charge is 2.30. The van der Waals surface area contributed by atoms with Crippen LogP contribution in [-0.4, -0.2) is 64.4 Å². The molecule has 9 heteroatoms. The number of amides is 1. The van der Waals surface area contributed by atoms with Crippen LogP contribution in [0.1, 0.15) is 53.9 Å².